The Morgan fingerprint density at radius 1 is 1.07 bits per heavy atom. The maximum atomic E-state index is 12.7. The monoisotopic (exact) mass is 432 g/mol. The third-order valence-corrected chi connectivity index (χ3v) is 6.77. The fraction of sp³-hybridized carbons (Fsp3) is 0.409. The lowest BCUT2D eigenvalue weighted by Gasteiger charge is -2.26. The van der Waals surface area contributed by atoms with Crippen LogP contribution in [0.2, 0.25) is 0 Å². The molecule has 0 unspecified atom stereocenters. The van der Waals surface area contributed by atoms with Gasteiger partial charge in [-0.2, -0.15) is 4.31 Å². The minimum absolute atomic E-state index is 0.196. The van der Waals surface area contributed by atoms with Crippen LogP contribution in [0.15, 0.2) is 53.4 Å². The highest BCUT2D eigenvalue weighted by Crippen LogP contribution is 2.22. The van der Waals surface area contributed by atoms with Crippen molar-refractivity contribution in [2.24, 2.45) is 0 Å². The number of hydrogen-bond donors (Lipinski definition) is 1. The van der Waals surface area contributed by atoms with Gasteiger partial charge < -0.3 is 14.8 Å². The highest BCUT2D eigenvalue weighted by atomic mass is 32.2. The van der Waals surface area contributed by atoms with Gasteiger partial charge in [0, 0.05) is 18.8 Å². The SMILES string of the molecule is CCCCCOc1ccccc1C(=O)Nc1ccc(S(=O)(=O)N2CCOCC2)cc1. The average Bonchev–Trinajstić information content (AvgIpc) is 2.78. The number of carbonyl (C=O) groups is 1. The molecule has 1 aliphatic rings. The first-order chi connectivity index (χ1) is 14.5. The molecule has 1 saturated heterocycles. The zero-order valence-corrected chi connectivity index (χ0v) is 18.0. The molecule has 7 nitrogen and oxygen atoms in total. The van der Waals surface area contributed by atoms with Gasteiger partial charge in [-0.05, 0) is 42.8 Å². The van der Waals surface area contributed by atoms with Gasteiger partial charge in [0.2, 0.25) is 10.0 Å². The van der Waals surface area contributed by atoms with Gasteiger partial charge in [-0.1, -0.05) is 31.9 Å². The maximum Gasteiger partial charge on any atom is 0.259 e. The number of carbonyl (C=O) groups excluding carboxylic acids is 1. The minimum atomic E-state index is -3.56. The summed E-state index contributed by atoms with van der Waals surface area (Å²) in [5.41, 5.74) is 0.959. The van der Waals surface area contributed by atoms with E-state index in [1.165, 1.54) is 16.4 Å². The summed E-state index contributed by atoms with van der Waals surface area (Å²) in [7, 11) is -3.56. The van der Waals surface area contributed by atoms with Crippen molar-refractivity contribution < 1.29 is 22.7 Å². The molecule has 162 valence electrons. The van der Waals surface area contributed by atoms with E-state index in [4.69, 9.17) is 9.47 Å². The molecule has 1 heterocycles. The highest BCUT2D eigenvalue weighted by Gasteiger charge is 2.26. The molecule has 1 N–H and O–H groups in total. The molecule has 1 aliphatic heterocycles. The number of ether oxygens (including phenoxy) is 2. The second-order valence-corrected chi connectivity index (χ2v) is 8.98. The molecular formula is C22H28N2O5S. The van der Waals surface area contributed by atoms with E-state index in [0.29, 0.717) is 49.9 Å². The number of nitrogens with zero attached hydrogens (tertiary/aromatic N) is 1. The van der Waals surface area contributed by atoms with Gasteiger partial charge in [0.05, 0.1) is 30.3 Å². The Hall–Kier alpha value is -2.42. The van der Waals surface area contributed by atoms with E-state index in [9.17, 15) is 13.2 Å². The third-order valence-electron chi connectivity index (χ3n) is 4.86. The number of anilines is 1. The van der Waals surface area contributed by atoms with Crippen LogP contribution in [0.5, 0.6) is 5.75 Å². The first-order valence-electron chi connectivity index (χ1n) is 10.2. The summed E-state index contributed by atoms with van der Waals surface area (Å²) in [6.07, 6.45) is 3.11. The van der Waals surface area contributed by atoms with Crippen LogP contribution in [0, 0.1) is 0 Å². The Bertz CT molecular complexity index is 938. The Labute approximate surface area is 178 Å². The Morgan fingerprint density at radius 3 is 2.47 bits per heavy atom. The van der Waals surface area contributed by atoms with Crippen molar-refractivity contribution >= 4 is 21.6 Å². The van der Waals surface area contributed by atoms with Crippen LogP contribution in [-0.4, -0.2) is 51.5 Å². The lowest BCUT2D eigenvalue weighted by atomic mass is 10.2. The number of benzene rings is 2. The molecule has 0 saturated carbocycles. The summed E-state index contributed by atoms with van der Waals surface area (Å²) in [5.74, 6) is 0.238. The zero-order valence-electron chi connectivity index (χ0n) is 17.2. The number of amides is 1. The molecule has 30 heavy (non-hydrogen) atoms. The third kappa shape index (κ3) is 5.59. The fourth-order valence-electron chi connectivity index (χ4n) is 3.16. The Balaban J connectivity index is 1.66. The molecule has 0 aliphatic carbocycles. The molecule has 2 aromatic rings. The molecule has 0 bridgehead atoms. The van der Waals surface area contributed by atoms with Gasteiger partial charge in [-0.25, -0.2) is 8.42 Å². The van der Waals surface area contributed by atoms with E-state index in [-0.39, 0.29) is 10.8 Å². The van der Waals surface area contributed by atoms with Gasteiger partial charge >= 0.3 is 0 Å². The van der Waals surface area contributed by atoms with E-state index in [2.05, 4.69) is 12.2 Å². The van der Waals surface area contributed by atoms with Gasteiger partial charge in [-0.15, -0.1) is 0 Å². The van der Waals surface area contributed by atoms with Crippen LogP contribution >= 0.6 is 0 Å². The van der Waals surface area contributed by atoms with Crippen LogP contribution in [0.1, 0.15) is 36.5 Å². The lowest BCUT2D eigenvalue weighted by molar-refractivity contribution is 0.0730. The van der Waals surface area contributed by atoms with Gasteiger partial charge in [0.25, 0.3) is 5.91 Å². The predicted octanol–water partition coefficient (Wildman–Crippen LogP) is 3.53. The molecule has 1 fully saturated rings. The van der Waals surface area contributed by atoms with E-state index < -0.39 is 10.0 Å². The summed E-state index contributed by atoms with van der Waals surface area (Å²) in [5, 5.41) is 2.81. The normalized spacial score (nSPS) is 15.0. The summed E-state index contributed by atoms with van der Waals surface area (Å²) in [4.78, 5) is 12.9. The smallest absolute Gasteiger partial charge is 0.259 e. The second kappa shape index (κ2) is 10.6. The van der Waals surface area contributed by atoms with Crippen LogP contribution in [0.25, 0.3) is 0 Å². The number of para-hydroxylation sites is 1. The highest BCUT2D eigenvalue weighted by molar-refractivity contribution is 7.89. The number of sulfonamides is 1. The molecule has 0 spiro atoms. The average molecular weight is 433 g/mol. The van der Waals surface area contributed by atoms with Crippen molar-refractivity contribution in [3.8, 4) is 5.75 Å². The van der Waals surface area contributed by atoms with Crippen LogP contribution in [-0.2, 0) is 14.8 Å². The van der Waals surface area contributed by atoms with Gasteiger partial charge in [0.15, 0.2) is 0 Å². The predicted molar refractivity (Wildman–Crippen MR) is 115 cm³/mol. The first-order valence-corrected chi connectivity index (χ1v) is 11.7. The largest absolute Gasteiger partial charge is 0.493 e. The van der Waals surface area contributed by atoms with Crippen molar-refractivity contribution in [3.63, 3.8) is 0 Å². The van der Waals surface area contributed by atoms with Crippen molar-refractivity contribution in [1.29, 1.82) is 0 Å². The molecular weight excluding hydrogens is 404 g/mol. The van der Waals surface area contributed by atoms with Crippen LogP contribution < -0.4 is 10.1 Å². The van der Waals surface area contributed by atoms with Crippen molar-refractivity contribution in [2.45, 2.75) is 31.1 Å². The summed E-state index contributed by atoms with van der Waals surface area (Å²) in [6, 6.07) is 13.3. The molecule has 2 aromatic carbocycles. The molecule has 0 atom stereocenters. The maximum absolute atomic E-state index is 12.7. The summed E-state index contributed by atoms with van der Waals surface area (Å²) in [6.45, 7) is 4.16. The van der Waals surface area contributed by atoms with Gasteiger partial charge in [-0.3, -0.25) is 4.79 Å². The zero-order chi connectivity index (χ0) is 21.4. The van der Waals surface area contributed by atoms with E-state index in [1.54, 1.807) is 30.3 Å². The van der Waals surface area contributed by atoms with E-state index in [1.807, 2.05) is 6.07 Å². The van der Waals surface area contributed by atoms with Crippen molar-refractivity contribution in [1.82, 2.24) is 4.31 Å². The van der Waals surface area contributed by atoms with Crippen LogP contribution in [0.3, 0.4) is 0 Å². The van der Waals surface area contributed by atoms with Gasteiger partial charge in [0.1, 0.15) is 5.75 Å². The number of hydrogen-bond acceptors (Lipinski definition) is 5. The quantitative estimate of drug-likeness (QED) is 0.613. The van der Waals surface area contributed by atoms with Crippen LogP contribution in [0.4, 0.5) is 5.69 Å². The van der Waals surface area contributed by atoms with Crippen molar-refractivity contribution in [3.05, 3.63) is 54.1 Å². The number of nitrogens with one attached hydrogen (secondary N) is 1. The standard InChI is InChI=1S/C22H28N2O5S/c1-2-3-6-15-29-21-8-5-4-7-20(21)22(25)23-18-9-11-19(12-10-18)30(26,27)24-13-16-28-17-14-24/h4-5,7-12H,2-3,6,13-17H2,1H3,(H,23,25). The summed E-state index contributed by atoms with van der Waals surface area (Å²) < 4.78 is 37.8. The number of morpholine rings is 1. The van der Waals surface area contributed by atoms with E-state index >= 15 is 0 Å². The molecule has 1 amide bonds. The topological polar surface area (TPSA) is 84.9 Å². The second-order valence-electron chi connectivity index (χ2n) is 7.05. The minimum Gasteiger partial charge on any atom is -0.493 e. The molecule has 8 heteroatoms. The molecule has 0 aromatic heterocycles. The molecule has 0 radical (unpaired) electrons. The Kier molecular flexibility index (Phi) is 7.84. The van der Waals surface area contributed by atoms with E-state index in [0.717, 1.165) is 19.3 Å². The Morgan fingerprint density at radius 2 is 1.77 bits per heavy atom. The van der Waals surface area contributed by atoms with Crippen molar-refractivity contribution in [2.75, 3.05) is 38.2 Å². The lowest BCUT2D eigenvalue weighted by Crippen LogP contribution is -2.40. The fourth-order valence-corrected chi connectivity index (χ4v) is 4.57. The number of unbranched alkanes of at least 4 members (excludes halogenated alkanes) is 2. The number of rotatable bonds is 9. The molecule has 3 rings (SSSR count). The first kappa shape index (κ1) is 22.3. The summed E-state index contributed by atoms with van der Waals surface area (Å²) >= 11 is 0.